The molecule has 2 aromatic carbocycles. The molecule has 2 amide bonds. The van der Waals surface area contributed by atoms with Gasteiger partial charge < -0.3 is 15.4 Å². The summed E-state index contributed by atoms with van der Waals surface area (Å²) in [7, 11) is 0. The number of fused-ring (bicyclic) bond motifs is 2. The second-order valence-electron chi connectivity index (χ2n) is 7.08. The minimum Gasteiger partial charge on any atom is -0.482 e. The maximum absolute atomic E-state index is 12.3. The van der Waals surface area contributed by atoms with Gasteiger partial charge in [0, 0.05) is 30.3 Å². The number of amides is 2. The lowest BCUT2D eigenvalue weighted by molar-refractivity contribution is -0.119. The van der Waals surface area contributed by atoms with Crippen molar-refractivity contribution in [3.8, 4) is 11.4 Å². The van der Waals surface area contributed by atoms with Gasteiger partial charge in [-0.05, 0) is 35.7 Å². The van der Waals surface area contributed by atoms with Crippen molar-refractivity contribution in [3.05, 3.63) is 65.5 Å². The van der Waals surface area contributed by atoms with Gasteiger partial charge in [-0.3, -0.25) is 9.59 Å². The van der Waals surface area contributed by atoms with Crippen LogP contribution < -0.4 is 15.4 Å². The molecule has 2 aliphatic heterocycles. The van der Waals surface area contributed by atoms with E-state index in [0.717, 1.165) is 22.4 Å². The Morgan fingerprint density at radius 2 is 1.93 bits per heavy atom. The average molecular weight is 374 g/mol. The number of para-hydroxylation sites is 1. The van der Waals surface area contributed by atoms with E-state index in [1.165, 1.54) is 0 Å². The fourth-order valence-electron chi connectivity index (χ4n) is 3.80. The van der Waals surface area contributed by atoms with Crippen LogP contribution in [0.15, 0.2) is 48.8 Å². The number of hydrogen-bond donors (Lipinski definition) is 2. The molecule has 1 atom stereocenters. The molecule has 2 N–H and O–H groups in total. The number of anilines is 2. The summed E-state index contributed by atoms with van der Waals surface area (Å²) in [6.45, 7) is 2.02. The predicted molar refractivity (Wildman–Crippen MR) is 104 cm³/mol. The van der Waals surface area contributed by atoms with E-state index in [1.54, 1.807) is 12.3 Å². The van der Waals surface area contributed by atoms with Crippen LogP contribution in [0.3, 0.4) is 0 Å². The van der Waals surface area contributed by atoms with Gasteiger partial charge in [-0.15, -0.1) is 0 Å². The fraction of sp³-hybridized carbons (Fsp3) is 0.190. The zero-order chi connectivity index (χ0) is 19.3. The molecule has 28 heavy (non-hydrogen) atoms. The molecular formula is C21H18N4O3. The average Bonchev–Trinajstić information content (AvgIpc) is 3.16. The number of aromatic nitrogens is 2. The van der Waals surface area contributed by atoms with Crippen molar-refractivity contribution in [2.75, 3.05) is 17.2 Å². The topological polar surface area (TPSA) is 85.2 Å². The molecule has 2 aliphatic rings. The van der Waals surface area contributed by atoms with Crippen molar-refractivity contribution in [2.45, 2.75) is 19.3 Å². The number of ether oxygens (including phenoxy) is 1. The van der Waals surface area contributed by atoms with E-state index in [9.17, 15) is 9.59 Å². The van der Waals surface area contributed by atoms with Gasteiger partial charge in [0.2, 0.25) is 5.91 Å². The van der Waals surface area contributed by atoms with E-state index in [4.69, 9.17) is 4.74 Å². The third-order valence-corrected chi connectivity index (χ3v) is 5.19. The first-order valence-corrected chi connectivity index (χ1v) is 9.09. The summed E-state index contributed by atoms with van der Waals surface area (Å²) in [5, 5.41) is 10.3. The van der Waals surface area contributed by atoms with Crippen molar-refractivity contribution in [2.24, 2.45) is 0 Å². The van der Waals surface area contributed by atoms with Crippen LogP contribution in [0, 0.1) is 6.92 Å². The zero-order valence-corrected chi connectivity index (χ0v) is 15.2. The molecule has 7 nitrogen and oxygen atoms in total. The molecule has 0 saturated heterocycles. The number of aryl methyl sites for hydroxylation is 1. The Labute approximate surface area is 161 Å². The lowest BCUT2D eigenvalue weighted by Gasteiger charge is -2.28. The molecule has 0 spiro atoms. The Bertz CT molecular complexity index is 1120. The van der Waals surface area contributed by atoms with Crippen molar-refractivity contribution in [1.29, 1.82) is 0 Å². The quantitative estimate of drug-likeness (QED) is 0.722. The number of carbonyl (C=O) groups excluding carboxylic acids is 2. The first-order chi connectivity index (χ1) is 13.6. The summed E-state index contributed by atoms with van der Waals surface area (Å²) < 4.78 is 7.31. The first-order valence-electron chi connectivity index (χ1n) is 9.09. The van der Waals surface area contributed by atoms with Gasteiger partial charge >= 0.3 is 0 Å². The van der Waals surface area contributed by atoms with E-state index >= 15 is 0 Å². The Hall–Kier alpha value is -3.61. The molecule has 3 heterocycles. The molecule has 140 valence electrons. The second kappa shape index (κ2) is 6.23. The van der Waals surface area contributed by atoms with Gasteiger partial charge in [0.05, 0.1) is 17.6 Å². The largest absolute Gasteiger partial charge is 0.482 e. The lowest BCUT2D eigenvalue weighted by atomic mass is 9.86. The Morgan fingerprint density at radius 1 is 1.11 bits per heavy atom. The van der Waals surface area contributed by atoms with Crippen molar-refractivity contribution in [1.82, 2.24) is 9.78 Å². The SMILES string of the molecule is Cc1ccccc1-n1cc([C@@H]2CC(=O)Nc3cc4c(cc32)NC(=O)CO4)cn1. The standard InChI is InChI=1S/C21H18N4O3/c1-12-4-2-3-5-18(12)25-10-13(9-22-25)14-7-20(26)23-16-8-19-17(6-15(14)16)24-21(27)11-28-19/h2-6,8-10,14H,7,11H2,1H3,(H,23,26)(H,24,27)/t14-/m0/s1. The summed E-state index contributed by atoms with van der Waals surface area (Å²) in [4.78, 5) is 24.0. The van der Waals surface area contributed by atoms with E-state index in [2.05, 4.69) is 15.7 Å². The predicted octanol–water partition coefficient (Wildman–Crippen LogP) is 2.99. The summed E-state index contributed by atoms with van der Waals surface area (Å²) in [5.41, 5.74) is 5.34. The van der Waals surface area contributed by atoms with E-state index in [-0.39, 0.29) is 24.3 Å². The Kier molecular flexibility index (Phi) is 3.68. The molecule has 0 unspecified atom stereocenters. The molecule has 0 aliphatic carbocycles. The number of rotatable bonds is 2. The van der Waals surface area contributed by atoms with Gasteiger partial charge in [-0.1, -0.05) is 18.2 Å². The second-order valence-corrected chi connectivity index (χ2v) is 7.08. The van der Waals surface area contributed by atoms with Gasteiger partial charge in [0.25, 0.3) is 5.91 Å². The van der Waals surface area contributed by atoms with Crippen molar-refractivity contribution < 1.29 is 14.3 Å². The number of benzene rings is 2. The Morgan fingerprint density at radius 3 is 2.79 bits per heavy atom. The molecule has 0 fully saturated rings. The lowest BCUT2D eigenvalue weighted by Crippen LogP contribution is -2.28. The van der Waals surface area contributed by atoms with Crippen LogP contribution in [-0.2, 0) is 9.59 Å². The number of carbonyl (C=O) groups is 2. The number of nitrogens with one attached hydrogen (secondary N) is 2. The third kappa shape index (κ3) is 2.72. The molecule has 0 saturated carbocycles. The van der Waals surface area contributed by atoms with Crippen LogP contribution in [-0.4, -0.2) is 28.2 Å². The highest BCUT2D eigenvalue weighted by Crippen LogP contribution is 2.43. The van der Waals surface area contributed by atoms with Crippen LogP contribution in [0.5, 0.6) is 5.75 Å². The van der Waals surface area contributed by atoms with E-state index in [1.807, 2.05) is 48.1 Å². The fourth-order valence-corrected chi connectivity index (χ4v) is 3.80. The van der Waals surface area contributed by atoms with Crippen LogP contribution in [0.1, 0.15) is 29.0 Å². The highest BCUT2D eigenvalue weighted by Gasteiger charge is 2.30. The summed E-state index contributed by atoms with van der Waals surface area (Å²) in [6, 6.07) is 11.7. The highest BCUT2D eigenvalue weighted by atomic mass is 16.5. The van der Waals surface area contributed by atoms with Gasteiger partial charge in [-0.25, -0.2) is 4.68 Å². The minimum atomic E-state index is -0.184. The number of hydrogen-bond acceptors (Lipinski definition) is 4. The van der Waals surface area contributed by atoms with Crippen LogP contribution >= 0.6 is 0 Å². The molecule has 0 bridgehead atoms. The summed E-state index contributed by atoms with van der Waals surface area (Å²) in [5.74, 6) is 0.178. The molecule has 7 heteroatoms. The molecule has 0 radical (unpaired) electrons. The smallest absolute Gasteiger partial charge is 0.262 e. The maximum atomic E-state index is 12.3. The first kappa shape index (κ1) is 16.6. The molecule has 3 aromatic rings. The van der Waals surface area contributed by atoms with Gasteiger partial charge in [0.15, 0.2) is 6.61 Å². The zero-order valence-electron chi connectivity index (χ0n) is 15.2. The number of nitrogens with zero attached hydrogens (tertiary/aromatic N) is 2. The minimum absolute atomic E-state index is 0.0215. The van der Waals surface area contributed by atoms with E-state index < -0.39 is 0 Å². The van der Waals surface area contributed by atoms with Crippen LogP contribution in [0.2, 0.25) is 0 Å². The molecular weight excluding hydrogens is 356 g/mol. The molecule has 1 aromatic heterocycles. The van der Waals surface area contributed by atoms with Crippen molar-refractivity contribution >= 4 is 23.2 Å². The van der Waals surface area contributed by atoms with Crippen LogP contribution in [0.25, 0.3) is 5.69 Å². The van der Waals surface area contributed by atoms with Gasteiger partial charge in [-0.2, -0.15) is 5.10 Å². The summed E-state index contributed by atoms with van der Waals surface area (Å²) in [6.07, 6.45) is 4.08. The van der Waals surface area contributed by atoms with Crippen LogP contribution in [0.4, 0.5) is 11.4 Å². The molecule has 5 rings (SSSR count). The monoisotopic (exact) mass is 374 g/mol. The maximum Gasteiger partial charge on any atom is 0.262 e. The highest BCUT2D eigenvalue weighted by molar-refractivity contribution is 5.99. The van der Waals surface area contributed by atoms with E-state index in [0.29, 0.717) is 23.5 Å². The third-order valence-electron chi connectivity index (χ3n) is 5.19. The van der Waals surface area contributed by atoms with Gasteiger partial charge in [0.1, 0.15) is 5.75 Å². The summed E-state index contributed by atoms with van der Waals surface area (Å²) >= 11 is 0. The normalized spacial score (nSPS) is 17.8. The van der Waals surface area contributed by atoms with Crippen molar-refractivity contribution in [3.63, 3.8) is 0 Å². The Balaban J connectivity index is 1.57.